The molecule has 1 saturated heterocycles. The van der Waals surface area contributed by atoms with Gasteiger partial charge in [-0.3, -0.25) is 4.79 Å². The zero-order chi connectivity index (χ0) is 17.8. The van der Waals surface area contributed by atoms with Crippen LogP contribution in [0.15, 0.2) is 53.8 Å². The molecule has 0 saturated carbocycles. The molecule has 1 aliphatic rings. The average Bonchev–Trinajstić information content (AvgIpc) is 3.27. The van der Waals surface area contributed by atoms with Crippen LogP contribution in [-0.4, -0.2) is 59.6 Å². The van der Waals surface area contributed by atoms with E-state index in [-0.39, 0.29) is 11.9 Å². The third-order valence-corrected chi connectivity index (χ3v) is 5.26. The van der Waals surface area contributed by atoms with Crippen LogP contribution >= 0.6 is 11.8 Å². The van der Waals surface area contributed by atoms with Gasteiger partial charge in [-0.15, -0.1) is 16.9 Å². The molecule has 0 radical (unpaired) electrons. The van der Waals surface area contributed by atoms with Gasteiger partial charge in [0.05, 0.1) is 24.6 Å². The fourth-order valence-electron chi connectivity index (χ4n) is 2.79. The van der Waals surface area contributed by atoms with Crippen LogP contribution in [0.2, 0.25) is 0 Å². The first-order valence-electron chi connectivity index (χ1n) is 8.48. The smallest absolute Gasteiger partial charge is 0.223 e. The fraction of sp³-hybridized carbons (Fsp3) is 0.353. The molecule has 0 N–H and O–H groups in total. The van der Waals surface area contributed by atoms with Crippen molar-refractivity contribution < 1.29 is 4.79 Å². The van der Waals surface area contributed by atoms with Crippen LogP contribution in [0.5, 0.6) is 0 Å². The van der Waals surface area contributed by atoms with E-state index in [0.717, 1.165) is 11.4 Å². The summed E-state index contributed by atoms with van der Waals surface area (Å²) in [4.78, 5) is 16.9. The quantitative estimate of drug-likeness (QED) is 0.587. The van der Waals surface area contributed by atoms with Crippen molar-refractivity contribution in [3.05, 3.63) is 54.6 Å². The SMILES string of the molecule is O=C(CCSc1ccccc1)N1CC(n2cc(Cn3nccn3)nn2)C1. The van der Waals surface area contributed by atoms with Gasteiger partial charge in [-0.2, -0.15) is 15.0 Å². The second-order valence-electron chi connectivity index (χ2n) is 6.11. The first-order chi connectivity index (χ1) is 12.8. The lowest BCUT2D eigenvalue weighted by Gasteiger charge is -2.38. The van der Waals surface area contributed by atoms with Crippen LogP contribution < -0.4 is 0 Å². The van der Waals surface area contributed by atoms with Crippen molar-refractivity contribution in [1.29, 1.82) is 0 Å². The maximum Gasteiger partial charge on any atom is 0.223 e. The van der Waals surface area contributed by atoms with Gasteiger partial charge >= 0.3 is 0 Å². The normalized spacial score (nSPS) is 14.4. The second kappa shape index (κ2) is 7.69. The summed E-state index contributed by atoms with van der Waals surface area (Å²) in [5.41, 5.74) is 0.810. The van der Waals surface area contributed by atoms with E-state index in [2.05, 4.69) is 32.6 Å². The first kappa shape index (κ1) is 16.8. The maximum absolute atomic E-state index is 12.3. The number of amides is 1. The molecule has 4 rings (SSSR count). The number of carbonyl (C=O) groups is 1. The number of likely N-dealkylation sites (tertiary alicyclic amines) is 1. The van der Waals surface area contributed by atoms with E-state index < -0.39 is 0 Å². The van der Waals surface area contributed by atoms with Crippen molar-refractivity contribution in [1.82, 2.24) is 34.9 Å². The van der Waals surface area contributed by atoms with E-state index in [9.17, 15) is 4.79 Å². The molecule has 0 aliphatic carbocycles. The van der Waals surface area contributed by atoms with E-state index in [4.69, 9.17) is 0 Å². The Hall–Kier alpha value is -2.68. The Morgan fingerprint density at radius 1 is 1.15 bits per heavy atom. The Bertz CT molecular complexity index is 843. The molecule has 0 unspecified atom stereocenters. The molecule has 0 bridgehead atoms. The van der Waals surface area contributed by atoms with Crippen molar-refractivity contribution in [3.8, 4) is 0 Å². The summed E-state index contributed by atoms with van der Waals surface area (Å²) >= 11 is 1.71. The molecule has 2 aromatic heterocycles. The summed E-state index contributed by atoms with van der Waals surface area (Å²) < 4.78 is 1.83. The number of nitrogens with zero attached hydrogens (tertiary/aromatic N) is 7. The third kappa shape index (κ3) is 3.93. The Labute approximate surface area is 155 Å². The van der Waals surface area contributed by atoms with E-state index >= 15 is 0 Å². The summed E-state index contributed by atoms with van der Waals surface area (Å²) in [7, 11) is 0. The van der Waals surface area contributed by atoms with E-state index in [1.807, 2.05) is 34.0 Å². The number of thioether (sulfide) groups is 1. The molecule has 1 aliphatic heterocycles. The van der Waals surface area contributed by atoms with Crippen LogP contribution in [-0.2, 0) is 11.3 Å². The Kier molecular flexibility index (Phi) is 4.96. The van der Waals surface area contributed by atoms with Crippen LogP contribution in [0.25, 0.3) is 0 Å². The second-order valence-corrected chi connectivity index (χ2v) is 7.28. The molecule has 134 valence electrons. The highest BCUT2D eigenvalue weighted by Gasteiger charge is 2.32. The third-order valence-electron chi connectivity index (χ3n) is 4.24. The number of aromatic nitrogens is 6. The Balaban J connectivity index is 1.21. The summed E-state index contributed by atoms with van der Waals surface area (Å²) in [6, 6.07) is 10.4. The largest absolute Gasteiger partial charge is 0.338 e. The van der Waals surface area contributed by atoms with Crippen molar-refractivity contribution >= 4 is 17.7 Å². The van der Waals surface area contributed by atoms with Crippen LogP contribution in [0.3, 0.4) is 0 Å². The minimum absolute atomic E-state index is 0.200. The summed E-state index contributed by atoms with van der Waals surface area (Å²) in [5, 5.41) is 16.4. The lowest BCUT2D eigenvalue weighted by molar-refractivity contribution is -0.136. The highest BCUT2D eigenvalue weighted by molar-refractivity contribution is 7.99. The van der Waals surface area contributed by atoms with Crippen molar-refractivity contribution in [3.63, 3.8) is 0 Å². The molecule has 1 aromatic carbocycles. The van der Waals surface area contributed by atoms with Gasteiger partial charge in [-0.25, -0.2) is 4.68 Å². The number of hydrogen-bond donors (Lipinski definition) is 0. The monoisotopic (exact) mass is 369 g/mol. The van der Waals surface area contributed by atoms with Crippen LogP contribution in [0, 0.1) is 0 Å². The molecule has 8 nitrogen and oxygen atoms in total. The minimum atomic E-state index is 0.200. The lowest BCUT2D eigenvalue weighted by Crippen LogP contribution is -2.51. The highest BCUT2D eigenvalue weighted by Crippen LogP contribution is 2.23. The number of rotatable bonds is 7. The van der Waals surface area contributed by atoms with Gasteiger partial charge in [0.15, 0.2) is 0 Å². The number of carbonyl (C=O) groups excluding carboxylic acids is 1. The number of benzene rings is 1. The molecule has 9 heteroatoms. The van der Waals surface area contributed by atoms with Crippen molar-refractivity contribution in [2.24, 2.45) is 0 Å². The zero-order valence-electron chi connectivity index (χ0n) is 14.2. The van der Waals surface area contributed by atoms with Gasteiger partial charge in [0.1, 0.15) is 12.2 Å². The predicted octanol–water partition coefficient (Wildman–Crippen LogP) is 1.48. The molecule has 1 amide bonds. The molecule has 3 heterocycles. The molecule has 0 spiro atoms. The highest BCUT2D eigenvalue weighted by atomic mass is 32.2. The average molecular weight is 369 g/mol. The molecule has 3 aromatic rings. The van der Waals surface area contributed by atoms with Gasteiger partial charge < -0.3 is 4.90 Å². The van der Waals surface area contributed by atoms with Gasteiger partial charge in [-0.1, -0.05) is 23.4 Å². The van der Waals surface area contributed by atoms with Crippen LogP contribution in [0.4, 0.5) is 0 Å². The van der Waals surface area contributed by atoms with Gasteiger partial charge in [-0.05, 0) is 12.1 Å². The standard InChI is InChI=1S/C17H19N7OS/c25-17(6-9-26-16-4-2-1-3-5-16)22-12-15(13-22)23-10-14(20-21-23)11-24-18-7-8-19-24/h1-5,7-8,10,15H,6,9,11-13H2. The number of hydrogen-bond acceptors (Lipinski definition) is 6. The lowest BCUT2D eigenvalue weighted by atomic mass is 10.1. The first-order valence-corrected chi connectivity index (χ1v) is 9.47. The van der Waals surface area contributed by atoms with Gasteiger partial charge in [0.25, 0.3) is 0 Å². The molecule has 26 heavy (non-hydrogen) atoms. The predicted molar refractivity (Wildman–Crippen MR) is 96.5 cm³/mol. The Morgan fingerprint density at radius 2 is 1.92 bits per heavy atom. The fourth-order valence-corrected chi connectivity index (χ4v) is 3.65. The zero-order valence-corrected chi connectivity index (χ0v) is 15.0. The van der Waals surface area contributed by atoms with E-state index in [1.165, 1.54) is 4.90 Å². The van der Waals surface area contributed by atoms with Gasteiger partial charge in [0.2, 0.25) is 5.91 Å². The van der Waals surface area contributed by atoms with Crippen molar-refractivity contribution in [2.75, 3.05) is 18.8 Å². The summed E-state index contributed by atoms with van der Waals surface area (Å²) in [6.45, 7) is 1.88. The van der Waals surface area contributed by atoms with Crippen LogP contribution in [0.1, 0.15) is 18.2 Å². The van der Waals surface area contributed by atoms with E-state index in [0.29, 0.717) is 26.1 Å². The summed E-state index contributed by atoms with van der Waals surface area (Å²) in [5.74, 6) is 1.000. The minimum Gasteiger partial charge on any atom is -0.338 e. The summed E-state index contributed by atoms with van der Waals surface area (Å²) in [6.07, 6.45) is 5.73. The molecule has 1 fully saturated rings. The van der Waals surface area contributed by atoms with Crippen molar-refractivity contribution in [2.45, 2.75) is 23.9 Å². The van der Waals surface area contributed by atoms with E-state index in [1.54, 1.807) is 29.0 Å². The molecular formula is C17H19N7OS. The topological polar surface area (TPSA) is 81.7 Å². The molecular weight excluding hydrogens is 350 g/mol. The molecule has 0 atom stereocenters. The Morgan fingerprint density at radius 3 is 2.69 bits per heavy atom. The van der Waals surface area contributed by atoms with Gasteiger partial charge in [0, 0.05) is 30.2 Å². The maximum atomic E-state index is 12.3.